The molecule has 1 fully saturated rings. The van der Waals surface area contributed by atoms with E-state index in [0.717, 1.165) is 12.1 Å². The minimum Gasteiger partial charge on any atom is -0.389 e. The second-order valence-electron chi connectivity index (χ2n) is 6.81. The summed E-state index contributed by atoms with van der Waals surface area (Å²) >= 11 is 0. The van der Waals surface area contributed by atoms with Gasteiger partial charge in [-0.2, -0.15) is 22.7 Å². The average Bonchev–Trinajstić information content (AvgIpc) is 2.52. The molecule has 0 amide bonds. The zero-order chi connectivity index (χ0) is 19.8. The Labute approximate surface area is 150 Å². The molecule has 26 heavy (non-hydrogen) atoms. The van der Waals surface area contributed by atoms with Gasteiger partial charge in [-0.1, -0.05) is 0 Å². The third-order valence-electron chi connectivity index (χ3n) is 4.00. The van der Waals surface area contributed by atoms with E-state index in [1.165, 1.54) is 10.4 Å². The van der Waals surface area contributed by atoms with Crippen LogP contribution in [0.1, 0.15) is 25.0 Å². The number of aliphatic hydroxyl groups is 1. The molecule has 0 unspecified atom stereocenters. The van der Waals surface area contributed by atoms with E-state index in [4.69, 9.17) is 5.26 Å². The van der Waals surface area contributed by atoms with Gasteiger partial charge in [-0.05, 0) is 32.0 Å². The van der Waals surface area contributed by atoms with Gasteiger partial charge >= 0.3 is 6.18 Å². The Balaban J connectivity index is 2.20. The minimum absolute atomic E-state index is 0.154. The number of benzene rings is 1. The van der Waals surface area contributed by atoms with Gasteiger partial charge in [-0.25, -0.2) is 8.42 Å². The Morgan fingerprint density at radius 1 is 1.19 bits per heavy atom. The van der Waals surface area contributed by atoms with Gasteiger partial charge in [0.1, 0.15) is 0 Å². The standard InChI is InChI=1S/C16H20F3N3O3S/c1-15(2,23)11-21-5-7-22(8-6-21)26(24,25)13-3-4-14(16(17,18)19)12(9-13)10-20/h3-4,9,23H,5-8,11H2,1-2H3. The summed E-state index contributed by atoms with van der Waals surface area (Å²) in [5, 5.41) is 18.8. The Bertz CT molecular complexity index is 803. The Morgan fingerprint density at radius 3 is 2.23 bits per heavy atom. The molecule has 2 rings (SSSR count). The first-order chi connectivity index (χ1) is 11.8. The van der Waals surface area contributed by atoms with Crippen molar-refractivity contribution in [3.8, 4) is 6.07 Å². The van der Waals surface area contributed by atoms with Crippen molar-refractivity contribution in [2.75, 3.05) is 32.7 Å². The monoisotopic (exact) mass is 391 g/mol. The van der Waals surface area contributed by atoms with Gasteiger partial charge in [0.15, 0.2) is 0 Å². The Hall–Kier alpha value is -1.67. The highest BCUT2D eigenvalue weighted by Crippen LogP contribution is 2.33. The van der Waals surface area contributed by atoms with E-state index >= 15 is 0 Å². The number of nitriles is 1. The number of nitrogens with zero attached hydrogens (tertiary/aromatic N) is 3. The van der Waals surface area contributed by atoms with E-state index in [-0.39, 0.29) is 18.0 Å². The molecule has 0 saturated carbocycles. The summed E-state index contributed by atoms with van der Waals surface area (Å²) in [5.74, 6) is 0. The molecule has 10 heteroatoms. The van der Waals surface area contributed by atoms with Crippen molar-refractivity contribution in [3.05, 3.63) is 29.3 Å². The summed E-state index contributed by atoms with van der Waals surface area (Å²) in [6.45, 7) is 4.80. The Kier molecular flexibility index (Phi) is 5.68. The zero-order valence-corrected chi connectivity index (χ0v) is 15.2. The van der Waals surface area contributed by atoms with Crippen LogP contribution >= 0.6 is 0 Å². The number of hydrogen-bond donors (Lipinski definition) is 1. The van der Waals surface area contributed by atoms with E-state index in [2.05, 4.69) is 0 Å². The number of rotatable bonds is 4. The third kappa shape index (κ3) is 4.73. The lowest BCUT2D eigenvalue weighted by Crippen LogP contribution is -2.51. The van der Waals surface area contributed by atoms with Crippen LogP contribution in [0.5, 0.6) is 0 Å². The molecule has 1 N–H and O–H groups in total. The molecule has 1 saturated heterocycles. The highest BCUT2D eigenvalue weighted by atomic mass is 32.2. The van der Waals surface area contributed by atoms with Crippen molar-refractivity contribution in [2.45, 2.75) is 30.5 Å². The molecule has 144 valence electrons. The Morgan fingerprint density at radius 2 is 1.77 bits per heavy atom. The first-order valence-electron chi connectivity index (χ1n) is 7.91. The van der Waals surface area contributed by atoms with Gasteiger partial charge in [-0.15, -0.1) is 0 Å². The van der Waals surface area contributed by atoms with Crippen LogP contribution in [0.2, 0.25) is 0 Å². The topological polar surface area (TPSA) is 84.6 Å². The van der Waals surface area contributed by atoms with Crippen molar-refractivity contribution in [3.63, 3.8) is 0 Å². The van der Waals surface area contributed by atoms with Crippen molar-refractivity contribution in [1.29, 1.82) is 5.26 Å². The molecular formula is C16H20F3N3O3S. The summed E-state index contributed by atoms with van der Waals surface area (Å²) in [5.41, 5.74) is -2.79. The smallest absolute Gasteiger partial charge is 0.389 e. The minimum atomic E-state index is -4.73. The summed E-state index contributed by atoms with van der Waals surface area (Å²) in [7, 11) is -4.00. The number of hydrogen-bond acceptors (Lipinski definition) is 5. The maximum absolute atomic E-state index is 12.9. The summed E-state index contributed by atoms with van der Waals surface area (Å²) in [4.78, 5) is 1.58. The quantitative estimate of drug-likeness (QED) is 0.844. The SMILES string of the molecule is CC(C)(O)CN1CCN(S(=O)(=O)c2ccc(C(F)(F)F)c(C#N)c2)CC1. The lowest BCUT2D eigenvalue weighted by molar-refractivity contribution is -0.137. The van der Waals surface area contributed by atoms with Crippen molar-refractivity contribution in [1.82, 2.24) is 9.21 Å². The van der Waals surface area contributed by atoms with E-state index in [9.17, 15) is 26.7 Å². The normalized spacial score (nSPS) is 17.9. The van der Waals surface area contributed by atoms with Gasteiger partial charge in [0.25, 0.3) is 0 Å². The maximum Gasteiger partial charge on any atom is 0.417 e. The van der Waals surface area contributed by atoms with Crippen LogP contribution in [0.3, 0.4) is 0 Å². The fourth-order valence-electron chi connectivity index (χ4n) is 2.85. The van der Waals surface area contributed by atoms with Crippen LogP contribution in [-0.2, 0) is 16.2 Å². The van der Waals surface area contributed by atoms with E-state index in [1.54, 1.807) is 13.8 Å². The molecular weight excluding hydrogens is 371 g/mol. The largest absolute Gasteiger partial charge is 0.417 e. The molecule has 0 radical (unpaired) electrons. The van der Waals surface area contributed by atoms with E-state index in [1.807, 2.05) is 4.90 Å². The van der Waals surface area contributed by atoms with Crippen LogP contribution in [0.15, 0.2) is 23.1 Å². The molecule has 0 atom stereocenters. The second-order valence-corrected chi connectivity index (χ2v) is 8.75. The van der Waals surface area contributed by atoms with Gasteiger partial charge in [-0.3, -0.25) is 4.90 Å². The number of piperazine rings is 1. The van der Waals surface area contributed by atoms with Crippen molar-refractivity contribution < 1.29 is 26.7 Å². The van der Waals surface area contributed by atoms with Gasteiger partial charge < -0.3 is 5.11 Å². The van der Waals surface area contributed by atoms with Crippen LogP contribution in [0.25, 0.3) is 0 Å². The maximum atomic E-state index is 12.9. The van der Waals surface area contributed by atoms with Gasteiger partial charge in [0, 0.05) is 32.7 Å². The highest BCUT2D eigenvalue weighted by molar-refractivity contribution is 7.89. The first-order valence-corrected chi connectivity index (χ1v) is 9.35. The predicted octanol–water partition coefficient (Wildman–Crippen LogP) is 1.65. The number of alkyl halides is 3. The van der Waals surface area contributed by atoms with Crippen LogP contribution in [-0.4, -0.2) is 61.1 Å². The van der Waals surface area contributed by atoms with Crippen LogP contribution < -0.4 is 0 Å². The predicted molar refractivity (Wildman–Crippen MR) is 87.7 cm³/mol. The lowest BCUT2D eigenvalue weighted by Gasteiger charge is -2.36. The fraction of sp³-hybridized carbons (Fsp3) is 0.562. The second kappa shape index (κ2) is 7.15. The van der Waals surface area contributed by atoms with Crippen molar-refractivity contribution in [2.24, 2.45) is 0 Å². The number of sulfonamides is 1. The third-order valence-corrected chi connectivity index (χ3v) is 5.89. The van der Waals surface area contributed by atoms with E-state index in [0.29, 0.717) is 25.7 Å². The van der Waals surface area contributed by atoms with Gasteiger partial charge in [0.2, 0.25) is 10.0 Å². The molecule has 1 aliphatic heterocycles. The summed E-state index contributed by atoms with van der Waals surface area (Å²) in [6.07, 6.45) is -4.73. The summed E-state index contributed by atoms with van der Waals surface area (Å²) < 4.78 is 65.1. The molecule has 0 spiro atoms. The van der Waals surface area contributed by atoms with Crippen molar-refractivity contribution >= 4 is 10.0 Å². The van der Waals surface area contributed by atoms with Gasteiger partial charge in [0.05, 0.1) is 27.7 Å². The zero-order valence-electron chi connectivity index (χ0n) is 14.4. The molecule has 1 aliphatic rings. The molecule has 1 aromatic rings. The molecule has 0 aliphatic carbocycles. The number of halogens is 3. The highest BCUT2D eigenvalue weighted by Gasteiger charge is 2.36. The molecule has 0 bridgehead atoms. The molecule has 1 heterocycles. The molecule has 1 aromatic carbocycles. The average molecular weight is 391 g/mol. The fourth-order valence-corrected chi connectivity index (χ4v) is 4.30. The van der Waals surface area contributed by atoms with Crippen LogP contribution in [0, 0.1) is 11.3 Å². The molecule has 6 nitrogen and oxygen atoms in total. The number of β-amino-alcohol motifs (C(OH)–C–C–N with tert-alkyl or cyclic N) is 1. The van der Waals surface area contributed by atoms with Crippen LogP contribution in [0.4, 0.5) is 13.2 Å². The molecule has 0 aromatic heterocycles. The lowest BCUT2D eigenvalue weighted by atomic mass is 10.1. The van der Waals surface area contributed by atoms with E-state index < -0.39 is 32.9 Å². The first kappa shape index (κ1) is 20.6. The summed E-state index contributed by atoms with van der Waals surface area (Å²) in [6, 6.07) is 3.67.